The molecule has 5 nitrogen and oxygen atoms in total. The van der Waals surface area contributed by atoms with E-state index in [1.54, 1.807) is 10.9 Å². The van der Waals surface area contributed by atoms with Crippen molar-refractivity contribution < 1.29 is 5.11 Å². The van der Waals surface area contributed by atoms with Crippen LogP contribution < -0.4 is 11.1 Å². The third-order valence-corrected chi connectivity index (χ3v) is 2.33. The van der Waals surface area contributed by atoms with Crippen LogP contribution in [0, 0.1) is 5.92 Å². The molecule has 1 aromatic rings. The molecule has 0 spiro atoms. The highest BCUT2D eigenvalue weighted by atomic mass is 16.3. The summed E-state index contributed by atoms with van der Waals surface area (Å²) in [4.78, 5) is 0. The number of aryl methyl sites for hydroxylation is 1. The first-order valence-electron chi connectivity index (χ1n) is 5.27. The maximum atomic E-state index is 8.84. The molecule has 86 valence electrons. The highest BCUT2D eigenvalue weighted by Gasteiger charge is 2.03. The molecule has 0 aliphatic rings. The average molecular weight is 212 g/mol. The molecule has 0 saturated carbocycles. The number of nitrogens with zero attached hydrogens (tertiary/aromatic N) is 2. The van der Waals surface area contributed by atoms with Gasteiger partial charge in [0.25, 0.3) is 0 Å². The summed E-state index contributed by atoms with van der Waals surface area (Å²) in [6, 6.07) is 0. The molecule has 0 bridgehead atoms. The molecule has 0 aliphatic heterocycles. The van der Waals surface area contributed by atoms with Gasteiger partial charge in [0.1, 0.15) is 0 Å². The van der Waals surface area contributed by atoms with Crippen molar-refractivity contribution in [1.29, 1.82) is 0 Å². The Kier molecular flexibility index (Phi) is 4.42. The molecule has 5 heteroatoms. The third kappa shape index (κ3) is 3.79. The van der Waals surface area contributed by atoms with Crippen LogP contribution in [0.4, 0.5) is 11.5 Å². The Labute approximate surface area is 90.3 Å². The van der Waals surface area contributed by atoms with E-state index in [-0.39, 0.29) is 6.61 Å². The van der Waals surface area contributed by atoms with E-state index in [0.717, 1.165) is 25.2 Å². The molecular formula is C10H20N4O. The molecule has 0 fully saturated rings. The van der Waals surface area contributed by atoms with Crippen molar-refractivity contribution in [3.63, 3.8) is 0 Å². The fourth-order valence-electron chi connectivity index (χ4n) is 1.39. The maximum absolute atomic E-state index is 8.84. The first-order chi connectivity index (χ1) is 7.13. The largest absolute Gasteiger partial charge is 0.396 e. The topological polar surface area (TPSA) is 76.1 Å². The van der Waals surface area contributed by atoms with E-state index in [1.807, 2.05) is 14.0 Å². The first-order valence-corrected chi connectivity index (χ1v) is 5.27. The quantitative estimate of drug-likeness (QED) is 0.610. The van der Waals surface area contributed by atoms with Crippen molar-refractivity contribution in [3.05, 3.63) is 6.20 Å². The van der Waals surface area contributed by atoms with Crippen molar-refractivity contribution in [2.24, 2.45) is 13.0 Å². The molecule has 1 heterocycles. The molecule has 1 rings (SSSR count). The Morgan fingerprint density at radius 3 is 2.93 bits per heavy atom. The second-order valence-electron chi connectivity index (χ2n) is 3.96. The highest BCUT2D eigenvalue weighted by Crippen LogP contribution is 2.14. The normalized spacial score (nSPS) is 12.7. The fraction of sp³-hybridized carbons (Fsp3) is 0.700. The van der Waals surface area contributed by atoms with Crippen molar-refractivity contribution >= 4 is 11.5 Å². The van der Waals surface area contributed by atoms with Crippen LogP contribution in [0.2, 0.25) is 0 Å². The molecule has 4 N–H and O–H groups in total. The zero-order chi connectivity index (χ0) is 11.3. The zero-order valence-corrected chi connectivity index (χ0v) is 9.40. The van der Waals surface area contributed by atoms with Crippen LogP contribution in [0.5, 0.6) is 0 Å². The average Bonchev–Trinajstić information content (AvgIpc) is 2.52. The van der Waals surface area contributed by atoms with Gasteiger partial charge in [-0.15, -0.1) is 0 Å². The predicted octanol–water partition coefficient (Wildman–Crippen LogP) is 0.823. The summed E-state index contributed by atoms with van der Waals surface area (Å²) in [5, 5.41) is 16.2. The number of hydrogen-bond acceptors (Lipinski definition) is 4. The minimum absolute atomic E-state index is 0.256. The van der Waals surface area contributed by atoms with Gasteiger partial charge in [-0.1, -0.05) is 6.92 Å². The SMILES string of the molecule is CC(CO)CCCNc1nn(C)cc1N. The van der Waals surface area contributed by atoms with Gasteiger partial charge >= 0.3 is 0 Å². The molecule has 15 heavy (non-hydrogen) atoms. The van der Waals surface area contributed by atoms with Gasteiger partial charge in [-0.3, -0.25) is 4.68 Å². The number of hydrogen-bond donors (Lipinski definition) is 3. The van der Waals surface area contributed by atoms with E-state index in [2.05, 4.69) is 10.4 Å². The van der Waals surface area contributed by atoms with Gasteiger partial charge < -0.3 is 16.2 Å². The minimum atomic E-state index is 0.256. The summed E-state index contributed by atoms with van der Waals surface area (Å²) in [5.74, 6) is 1.11. The third-order valence-electron chi connectivity index (χ3n) is 2.33. The van der Waals surface area contributed by atoms with Gasteiger partial charge in [0.15, 0.2) is 5.82 Å². The van der Waals surface area contributed by atoms with Crippen LogP contribution in [0.15, 0.2) is 6.20 Å². The van der Waals surface area contributed by atoms with E-state index in [4.69, 9.17) is 10.8 Å². The van der Waals surface area contributed by atoms with Crippen LogP contribution >= 0.6 is 0 Å². The van der Waals surface area contributed by atoms with Crippen LogP contribution in [0.25, 0.3) is 0 Å². The lowest BCUT2D eigenvalue weighted by molar-refractivity contribution is 0.229. The van der Waals surface area contributed by atoms with Crippen LogP contribution in [-0.2, 0) is 7.05 Å². The number of rotatable bonds is 6. The van der Waals surface area contributed by atoms with Gasteiger partial charge in [-0.2, -0.15) is 5.10 Å². The van der Waals surface area contributed by atoms with Gasteiger partial charge in [-0.25, -0.2) is 0 Å². The second kappa shape index (κ2) is 5.60. The summed E-state index contributed by atoms with van der Waals surface area (Å²) >= 11 is 0. The lowest BCUT2D eigenvalue weighted by Crippen LogP contribution is -2.07. The summed E-state index contributed by atoms with van der Waals surface area (Å²) in [6.45, 7) is 3.13. The second-order valence-corrected chi connectivity index (χ2v) is 3.96. The number of nitrogen functional groups attached to an aromatic ring is 1. The molecule has 0 amide bonds. The number of aliphatic hydroxyl groups excluding tert-OH is 1. The van der Waals surface area contributed by atoms with Crippen molar-refractivity contribution in [1.82, 2.24) is 9.78 Å². The van der Waals surface area contributed by atoms with Gasteiger partial charge in [-0.05, 0) is 18.8 Å². The minimum Gasteiger partial charge on any atom is -0.396 e. The lowest BCUT2D eigenvalue weighted by Gasteiger charge is -2.07. The molecule has 0 aliphatic carbocycles. The van der Waals surface area contributed by atoms with E-state index in [9.17, 15) is 0 Å². The van der Waals surface area contributed by atoms with E-state index < -0.39 is 0 Å². The van der Waals surface area contributed by atoms with Crippen LogP contribution in [0.3, 0.4) is 0 Å². The van der Waals surface area contributed by atoms with Crippen LogP contribution in [0.1, 0.15) is 19.8 Å². The van der Waals surface area contributed by atoms with Gasteiger partial charge in [0, 0.05) is 26.4 Å². The number of nitrogens with two attached hydrogens (primary N) is 1. The molecule has 0 aromatic carbocycles. The van der Waals surface area contributed by atoms with Crippen molar-refractivity contribution in [2.75, 3.05) is 24.2 Å². The number of anilines is 2. The lowest BCUT2D eigenvalue weighted by atomic mass is 10.1. The van der Waals surface area contributed by atoms with Crippen LogP contribution in [-0.4, -0.2) is 28.0 Å². The Morgan fingerprint density at radius 1 is 1.67 bits per heavy atom. The Balaban J connectivity index is 2.23. The standard InChI is InChI=1S/C10H20N4O/c1-8(7-15)4-3-5-12-10-9(11)6-14(2)13-10/h6,8,15H,3-5,7,11H2,1-2H3,(H,12,13). The summed E-state index contributed by atoms with van der Waals surface area (Å²) in [5.41, 5.74) is 6.40. The number of nitrogens with one attached hydrogen (secondary N) is 1. The zero-order valence-electron chi connectivity index (χ0n) is 9.40. The van der Waals surface area contributed by atoms with E-state index in [1.165, 1.54) is 0 Å². The summed E-state index contributed by atoms with van der Waals surface area (Å²) in [7, 11) is 1.84. The summed E-state index contributed by atoms with van der Waals surface area (Å²) < 4.78 is 1.69. The van der Waals surface area contributed by atoms with Crippen molar-refractivity contribution in [3.8, 4) is 0 Å². The summed E-state index contributed by atoms with van der Waals surface area (Å²) in [6.07, 6.45) is 3.80. The first kappa shape index (κ1) is 11.8. The van der Waals surface area contributed by atoms with E-state index >= 15 is 0 Å². The molecule has 0 saturated heterocycles. The predicted molar refractivity (Wildman–Crippen MR) is 61.6 cm³/mol. The molecule has 1 aromatic heterocycles. The Bertz CT molecular complexity index is 298. The van der Waals surface area contributed by atoms with Gasteiger partial charge in [0.2, 0.25) is 0 Å². The molecule has 1 atom stereocenters. The molecule has 1 unspecified atom stereocenters. The highest BCUT2D eigenvalue weighted by molar-refractivity contribution is 5.59. The maximum Gasteiger partial charge on any atom is 0.171 e. The Hall–Kier alpha value is -1.23. The number of aliphatic hydroxyl groups is 1. The Morgan fingerprint density at radius 2 is 2.40 bits per heavy atom. The van der Waals surface area contributed by atoms with E-state index in [0.29, 0.717) is 11.6 Å². The smallest absolute Gasteiger partial charge is 0.171 e. The monoisotopic (exact) mass is 212 g/mol. The van der Waals surface area contributed by atoms with Gasteiger partial charge in [0.05, 0.1) is 5.69 Å². The molecule has 0 radical (unpaired) electrons. The molecular weight excluding hydrogens is 192 g/mol. The fourth-order valence-corrected chi connectivity index (χ4v) is 1.39. The van der Waals surface area contributed by atoms with Crippen molar-refractivity contribution in [2.45, 2.75) is 19.8 Å². The number of aromatic nitrogens is 2.